The van der Waals surface area contributed by atoms with Crippen molar-refractivity contribution in [2.24, 2.45) is 17.6 Å². The summed E-state index contributed by atoms with van der Waals surface area (Å²) in [5.74, 6) is -3.26. The molecule has 0 aromatic carbocycles. The Balaban J connectivity index is 0.00000223. The van der Waals surface area contributed by atoms with E-state index in [0.29, 0.717) is 12.8 Å². The number of aliphatic hydroxyl groups is 1. The van der Waals surface area contributed by atoms with Crippen molar-refractivity contribution >= 4 is 39.4 Å². The SMILES string of the molecule is CC(C)(C)O.CCC(C)CC(NC(=O)C(CC)N(CC)C(=O)C(NC(=O)NC1(CS(C)(=O)=O)CCCCC1)C1CCCCC1)C(=O)C(N)=O. The molecule has 2 fully saturated rings. The summed E-state index contributed by atoms with van der Waals surface area (Å²) in [4.78, 5) is 67.0. The van der Waals surface area contributed by atoms with E-state index in [1.54, 1.807) is 34.6 Å². The molecular formula is C35H65N5O8S. The van der Waals surface area contributed by atoms with E-state index >= 15 is 0 Å². The zero-order chi connectivity index (χ0) is 37.6. The summed E-state index contributed by atoms with van der Waals surface area (Å²) in [6.45, 7) is 12.8. The Morgan fingerprint density at radius 1 is 0.918 bits per heavy atom. The van der Waals surface area contributed by atoms with E-state index in [0.717, 1.165) is 64.0 Å². The van der Waals surface area contributed by atoms with E-state index in [9.17, 15) is 32.4 Å². The van der Waals surface area contributed by atoms with E-state index in [1.807, 2.05) is 13.8 Å². The topological polar surface area (TPSA) is 205 Å². The van der Waals surface area contributed by atoms with Gasteiger partial charge in [-0.2, -0.15) is 0 Å². The van der Waals surface area contributed by atoms with Crippen LogP contribution in [0.3, 0.4) is 0 Å². The lowest BCUT2D eigenvalue weighted by Crippen LogP contribution is -2.63. The molecule has 2 rings (SSSR count). The molecule has 13 nitrogen and oxygen atoms in total. The van der Waals surface area contributed by atoms with Crippen molar-refractivity contribution in [2.45, 2.75) is 161 Å². The van der Waals surface area contributed by atoms with Crippen LogP contribution in [0.4, 0.5) is 4.79 Å². The van der Waals surface area contributed by atoms with Crippen LogP contribution in [0.1, 0.15) is 132 Å². The molecule has 5 amide bonds. The predicted octanol–water partition coefficient (Wildman–Crippen LogP) is 3.36. The number of rotatable bonds is 16. The molecule has 0 saturated heterocycles. The Morgan fingerprint density at radius 3 is 1.90 bits per heavy atom. The lowest BCUT2D eigenvalue weighted by atomic mass is 9.82. The summed E-state index contributed by atoms with van der Waals surface area (Å²) in [5, 5.41) is 17.1. The third-order valence-corrected chi connectivity index (χ3v) is 10.4. The summed E-state index contributed by atoms with van der Waals surface area (Å²) >= 11 is 0. The number of sulfone groups is 1. The second-order valence-electron chi connectivity index (χ2n) is 15.1. The van der Waals surface area contributed by atoms with E-state index in [2.05, 4.69) is 16.0 Å². The van der Waals surface area contributed by atoms with Gasteiger partial charge >= 0.3 is 6.03 Å². The number of Topliss-reactive ketones (excluding diaryl/α,β-unsaturated/α-hetero) is 1. The zero-order valence-electron chi connectivity index (χ0n) is 31.2. The van der Waals surface area contributed by atoms with Crippen LogP contribution in [0.25, 0.3) is 0 Å². The number of likely N-dealkylation sites (N-methyl/N-ethyl adjacent to an activating group) is 1. The minimum absolute atomic E-state index is 0.0427. The van der Waals surface area contributed by atoms with Gasteiger partial charge in [-0.15, -0.1) is 0 Å². The first-order valence-corrected chi connectivity index (χ1v) is 20.2. The number of nitrogens with one attached hydrogen (secondary N) is 3. The van der Waals surface area contributed by atoms with Gasteiger partial charge < -0.3 is 31.7 Å². The van der Waals surface area contributed by atoms with Crippen LogP contribution in [0.5, 0.6) is 0 Å². The molecule has 6 N–H and O–H groups in total. The molecule has 2 saturated carbocycles. The molecule has 2 aliphatic carbocycles. The van der Waals surface area contributed by atoms with Crippen molar-refractivity contribution in [3.8, 4) is 0 Å². The first-order valence-electron chi connectivity index (χ1n) is 18.1. The third kappa shape index (κ3) is 16.2. The van der Waals surface area contributed by atoms with Crippen LogP contribution < -0.4 is 21.7 Å². The zero-order valence-corrected chi connectivity index (χ0v) is 32.0. The van der Waals surface area contributed by atoms with Gasteiger partial charge in [0.1, 0.15) is 21.9 Å². The molecule has 284 valence electrons. The molecule has 4 unspecified atom stereocenters. The van der Waals surface area contributed by atoms with Crippen molar-refractivity contribution in [3.05, 3.63) is 0 Å². The van der Waals surface area contributed by atoms with Gasteiger partial charge in [-0.1, -0.05) is 65.7 Å². The smallest absolute Gasteiger partial charge is 0.315 e. The van der Waals surface area contributed by atoms with Crippen LogP contribution in [0, 0.1) is 11.8 Å². The summed E-state index contributed by atoms with van der Waals surface area (Å²) < 4.78 is 24.6. The molecule has 0 bridgehead atoms. The molecule has 0 aromatic rings. The van der Waals surface area contributed by atoms with E-state index in [-0.39, 0.29) is 37.0 Å². The van der Waals surface area contributed by atoms with Gasteiger partial charge in [-0.3, -0.25) is 19.2 Å². The van der Waals surface area contributed by atoms with Crippen LogP contribution >= 0.6 is 0 Å². The maximum absolute atomic E-state index is 14.2. The fraction of sp³-hybridized carbons (Fsp3) is 0.857. The van der Waals surface area contributed by atoms with E-state index in [4.69, 9.17) is 10.8 Å². The summed E-state index contributed by atoms with van der Waals surface area (Å²) in [6, 6.07) is -3.55. The third-order valence-electron chi connectivity index (χ3n) is 9.30. The Bertz CT molecular complexity index is 1200. The standard InChI is InChI=1S/C31H55N5O7S.C4H10O/c1-6-21(4)19-23(26(37)27(32)38)33-28(39)24(7-2)36(8-3)29(40)25(22-15-11-9-12-16-22)34-30(41)35-31(20-44(5,42)43)17-13-10-14-18-31;1-4(2,3)5/h21-25H,6-20H2,1-5H3,(H2,32,38)(H,33,39)(H2,34,35,41);5H,1-3H3. The van der Waals surface area contributed by atoms with Crippen molar-refractivity contribution < 1.29 is 37.5 Å². The minimum atomic E-state index is -3.38. The van der Waals surface area contributed by atoms with Crippen LogP contribution in [-0.4, -0.2) is 95.8 Å². The van der Waals surface area contributed by atoms with Gasteiger partial charge in [-0.05, 0) is 78.1 Å². The largest absolute Gasteiger partial charge is 0.391 e. The second kappa shape index (κ2) is 20.2. The average molecular weight is 716 g/mol. The highest BCUT2D eigenvalue weighted by Gasteiger charge is 2.41. The number of ketones is 1. The van der Waals surface area contributed by atoms with Crippen molar-refractivity contribution in [3.63, 3.8) is 0 Å². The lowest BCUT2D eigenvalue weighted by Gasteiger charge is -2.40. The highest BCUT2D eigenvalue weighted by Crippen LogP contribution is 2.31. The van der Waals surface area contributed by atoms with Crippen LogP contribution in [0.2, 0.25) is 0 Å². The molecule has 0 aliphatic heterocycles. The first kappa shape index (κ1) is 44.3. The molecular weight excluding hydrogens is 650 g/mol. The monoisotopic (exact) mass is 715 g/mol. The van der Waals surface area contributed by atoms with E-state index < -0.39 is 68.6 Å². The van der Waals surface area contributed by atoms with Crippen molar-refractivity contribution in [1.29, 1.82) is 0 Å². The lowest BCUT2D eigenvalue weighted by molar-refractivity contribution is -0.144. The average Bonchev–Trinajstić information content (AvgIpc) is 3.00. The molecule has 0 aromatic heterocycles. The molecule has 2 aliphatic rings. The number of amides is 5. The van der Waals surface area contributed by atoms with Gasteiger partial charge in [0.05, 0.1) is 22.9 Å². The Kier molecular flexibility index (Phi) is 18.2. The van der Waals surface area contributed by atoms with E-state index in [1.165, 1.54) is 4.90 Å². The van der Waals surface area contributed by atoms with Crippen molar-refractivity contribution in [2.75, 3.05) is 18.6 Å². The van der Waals surface area contributed by atoms with Gasteiger partial charge in [-0.25, -0.2) is 13.2 Å². The highest BCUT2D eigenvalue weighted by atomic mass is 32.2. The predicted molar refractivity (Wildman–Crippen MR) is 191 cm³/mol. The fourth-order valence-corrected chi connectivity index (χ4v) is 8.16. The number of nitrogens with zero attached hydrogens (tertiary/aromatic N) is 1. The Labute approximate surface area is 294 Å². The number of carbonyl (C=O) groups is 5. The molecule has 49 heavy (non-hydrogen) atoms. The maximum atomic E-state index is 14.2. The van der Waals surface area contributed by atoms with Gasteiger partial charge in [0.2, 0.25) is 17.6 Å². The number of hydrogen-bond acceptors (Lipinski definition) is 8. The first-order chi connectivity index (χ1) is 22.7. The fourth-order valence-electron chi connectivity index (χ4n) is 6.80. The number of nitrogens with two attached hydrogens (primary N) is 1. The summed E-state index contributed by atoms with van der Waals surface area (Å²) in [7, 11) is -3.38. The summed E-state index contributed by atoms with van der Waals surface area (Å²) in [5.41, 5.74) is 3.87. The molecule has 0 heterocycles. The Hall–Kier alpha value is -2.74. The maximum Gasteiger partial charge on any atom is 0.315 e. The van der Waals surface area contributed by atoms with Crippen molar-refractivity contribution in [1.82, 2.24) is 20.9 Å². The van der Waals surface area contributed by atoms with Gasteiger partial charge in [0.15, 0.2) is 0 Å². The van der Waals surface area contributed by atoms with Crippen LogP contribution in [0.15, 0.2) is 0 Å². The van der Waals surface area contributed by atoms with Gasteiger partial charge in [0.25, 0.3) is 5.91 Å². The van der Waals surface area contributed by atoms with Crippen LogP contribution in [-0.2, 0) is 29.0 Å². The normalized spacial score (nSPS) is 19.1. The number of hydrogen-bond donors (Lipinski definition) is 5. The highest BCUT2D eigenvalue weighted by molar-refractivity contribution is 7.90. The molecule has 0 radical (unpaired) electrons. The minimum Gasteiger partial charge on any atom is -0.391 e. The number of carbonyl (C=O) groups excluding carboxylic acids is 5. The molecule has 4 atom stereocenters. The Morgan fingerprint density at radius 2 is 1.45 bits per heavy atom. The number of primary amides is 1. The van der Waals surface area contributed by atoms with Gasteiger partial charge in [0, 0.05) is 12.8 Å². The quantitative estimate of drug-likeness (QED) is 0.150. The molecule has 0 spiro atoms. The number of urea groups is 1. The summed E-state index contributed by atoms with van der Waals surface area (Å²) in [6.07, 6.45) is 10.3. The second-order valence-corrected chi connectivity index (χ2v) is 17.3. The molecule has 14 heteroatoms.